The van der Waals surface area contributed by atoms with Crippen molar-refractivity contribution in [3.8, 4) is 0 Å². The minimum absolute atomic E-state index is 0. The van der Waals surface area contributed by atoms with E-state index >= 15 is 0 Å². The lowest BCUT2D eigenvalue weighted by Crippen LogP contribution is -2.38. The van der Waals surface area contributed by atoms with Crippen LogP contribution in [0, 0.1) is 0 Å². The summed E-state index contributed by atoms with van der Waals surface area (Å²) in [5.41, 5.74) is 2.57. The van der Waals surface area contributed by atoms with Crippen molar-refractivity contribution in [3.05, 3.63) is 35.4 Å². The van der Waals surface area contributed by atoms with Gasteiger partial charge in [-0.25, -0.2) is 4.99 Å². The third-order valence-electron chi connectivity index (χ3n) is 4.26. The lowest BCUT2D eigenvalue weighted by Gasteiger charge is -2.26. The molecule has 0 radical (unpaired) electrons. The molecule has 6 nitrogen and oxygen atoms in total. The van der Waals surface area contributed by atoms with Crippen LogP contribution in [-0.2, 0) is 22.6 Å². The minimum atomic E-state index is 0. The fraction of sp³-hybridized carbons (Fsp3) is 0.650. The van der Waals surface area contributed by atoms with Crippen molar-refractivity contribution in [1.29, 1.82) is 0 Å². The molecule has 0 saturated carbocycles. The summed E-state index contributed by atoms with van der Waals surface area (Å²) in [5.74, 6) is 0.862. The van der Waals surface area contributed by atoms with Crippen LogP contribution in [0.5, 0.6) is 0 Å². The summed E-state index contributed by atoms with van der Waals surface area (Å²) < 4.78 is 10.8. The molecule has 154 valence electrons. The van der Waals surface area contributed by atoms with Gasteiger partial charge in [0.1, 0.15) is 0 Å². The number of nitrogens with one attached hydrogen (secondary N) is 2. The maximum Gasteiger partial charge on any atom is 0.191 e. The van der Waals surface area contributed by atoms with Gasteiger partial charge in [-0.3, -0.25) is 4.90 Å². The second kappa shape index (κ2) is 15.1. The summed E-state index contributed by atoms with van der Waals surface area (Å²) in [6.07, 6.45) is 0.981. The highest BCUT2D eigenvalue weighted by molar-refractivity contribution is 14.0. The van der Waals surface area contributed by atoms with E-state index in [-0.39, 0.29) is 24.0 Å². The van der Waals surface area contributed by atoms with Gasteiger partial charge in [0, 0.05) is 45.9 Å². The first-order valence-electron chi connectivity index (χ1n) is 9.79. The summed E-state index contributed by atoms with van der Waals surface area (Å²) in [4.78, 5) is 7.11. The quantitative estimate of drug-likeness (QED) is 0.229. The Labute approximate surface area is 181 Å². The number of ether oxygens (including phenoxy) is 2. The van der Waals surface area contributed by atoms with Crippen LogP contribution >= 0.6 is 24.0 Å². The summed E-state index contributed by atoms with van der Waals surface area (Å²) in [7, 11) is 0. The van der Waals surface area contributed by atoms with Gasteiger partial charge in [-0.2, -0.15) is 0 Å². The molecule has 0 amide bonds. The molecule has 1 heterocycles. The van der Waals surface area contributed by atoms with Crippen molar-refractivity contribution in [2.24, 2.45) is 4.99 Å². The number of nitrogens with zero attached hydrogens (tertiary/aromatic N) is 2. The van der Waals surface area contributed by atoms with Gasteiger partial charge in [-0.15, -0.1) is 24.0 Å². The predicted octanol–water partition coefficient (Wildman–Crippen LogP) is 2.62. The third-order valence-corrected chi connectivity index (χ3v) is 4.26. The number of aliphatic imine (C=N–C) groups is 1. The number of hydrogen-bond acceptors (Lipinski definition) is 4. The Morgan fingerprint density at radius 2 is 1.81 bits per heavy atom. The zero-order chi connectivity index (χ0) is 18.5. The van der Waals surface area contributed by atoms with E-state index in [2.05, 4.69) is 51.7 Å². The van der Waals surface area contributed by atoms with E-state index in [1.807, 2.05) is 6.92 Å². The van der Waals surface area contributed by atoms with Crippen molar-refractivity contribution >= 4 is 29.9 Å². The molecular weight excluding hydrogens is 455 g/mol. The molecule has 0 atom stereocenters. The molecule has 1 saturated heterocycles. The molecule has 1 aromatic carbocycles. The first-order chi connectivity index (χ1) is 12.8. The highest BCUT2D eigenvalue weighted by atomic mass is 127. The molecular formula is C20H35IN4O2. The number of morpholine rings is 1. The largest absolute Gasteiger partial charge is 0.382 e. The molecule has 0 spiro atoms. The Bertz CT molecular complexity index is 519. The Hall–Kier alpha value is -0.900. The number of halogens is 1. The van der Waals surface area contributed by atoms with Crippen LogP contribution in [-0.4, -0.2) is 63.5 Å². The number of guanidine groups is 1. The van der Waals surface area contributed by atoms with Gasteiger partial charge in [0.05, 0.1) is 19.8 Å². The first-order valence-corrected chi connectivity index (χ1v) is 9.79. The number of benzene rings is 1. The average molecular weight is 490 g/mol. The monoisotopic (exact) mass is 490 g/mol. The Balaban J connectivity index is 0.00000364. The second-order valence-electron chi connectivity index (χ2n) is 6.38. The number of hydrogen-bond donors (Lipinski definition) is 2. The molecule has 1 aromatic rings. The molecule has 1 aliphatic heterocycles. The molecule has 27 heavy (non-hydrogen) atoms. The molecule has 1 fully saturated rings. The van der Waals surface area contributed by atoms with E-state index in [9.17, 15) is 0 Å². The smallest absolute Gasteiger partial charge is 0.191 e. The highest BCUT2D eigenvalue weighted by Crippen LogP contribution is 2.10. The van der Waals surface area contributed by atoms with Crippen LogP contribution in [0.2, 0.25) is 0 Å². The van der Waals surface area contributed by atoms with E-state index in [4.69, 9.17) is 9.47 Å². The van der Waals surface area contributed by atoms with Crippen LogP contribution < -0.4 is 10.6 Å². The number of rotatable bonds is 10. The molecule has 1 aliphatic rings. The summed E-state index contributed by atoms with van der Waals surface area (Å²) >= 11 is 0. The molecule has 0 aromatic heterocycles. The molecule has 2 rings (SSSR count). The Morgan fingerprint density at radius 1 is 1.11 bits per heavy atom. The maximum absolute atomic E-state index is 5.40. The van der Waals surface area contributed by atoms with Gasteiger partial charge in [-0.1, -0.05) is 24.3 Å². The van der Waals surface area contributed by atoms with E-state index in [0.29, 0.717) is 6.54 Å². The normalized spacial score (nSPS) is 15.3. The van der Waals surface area contributed by atoms with Gasteiger partial charge < -0.3 is 20.1 Å². The van der Waals surface area contributed by atoms with Gasteiger partial charge in [-0.05, 0) is 31.4 Å². The van der Waals surface area contributed by atoms with E-state index in [1.165, 1.54) is 11.1 Å². The lowest BCUT2D eigenvalue weighted by atomic mass is 10.1. The molecule has 0 bridgehead atoms. The van der Waals surface area contributed by atoms with Crippen molar-refractivity contribution < 1.29 is 9.47 Å². The Kier molecular flexibility index (Phi) is 13.5. The first kappa shape index (κ1) is 24.1. The van der Waals surface area contributed by atoms with E-state index < -0.39 is 0 Å². The van der Waals surface area contributed by atoms with Crippen LogP contribution in [0.3, 0.4) is 0 Å². The van der Waals surface area contributed by atoms with Gasteiger partial charge in [0.25, 0.3) is 0 Å². The van der Waals surface area contributed by atoms with E-state index in [1.54, 1.807) is 0 Å². The van der Waals surface area contributed by atoms with Crippen LogP contribution in [0.1, 0.15) is 31.4 Å². The molecule has 0 unspecified atom stereocenters. The standard InChI is InChI=1S/C20H34N4O2.HI/c1-3-21-20(22-10-5-13-25-4-2)23-16-18-6-8-19(9-7-18)17-24-11-14-26-15-12-24;/h6-9H,3-5,10-17H2,1-2H3,(H2,21,22,23);1H. The van der Waals surface area contributed by atoms with Gasteiger partial charge in [0.15, 0.2) is 5.96 Å². The van der Waals surface area contributed by atoms with Crippen LogP contribution in [0.25, 0.3) is 0 Å². The lowest BCUT2D eigenvalue weighted by molar-refractivity contribution is 0.0342. The zero-order valence-electron chi connectivity index (χ0n) is 16.7. The maximum atomic E-state index is 5.40. The minimum Gasteiger partial charge on any atom is -0.382 e. The van der Waals surface area contributed by atoms with Crippen LogP contribution in [0.4, 0.5) is 0 Å². The van der Waals surface area contributed by atoms with Gasteiger partial charge >= 0.3 is 0 Å². The Morgan fingerprint density at radius 3 is 2.48 bits per heavy atom. The van der Waals surface area contributed by atoms with E-state index in [0.717, 1.165) is 71.5 Å². The molecule has 7 heteroatoms. The highest BCUT2D eigenvalue weighted by Gasteiger charge is 2.10. The van der Waals surface area contributed by atoms with Crippen molar-refractivity contribution in [2.45, 2.75) is 33.4 Å². The second-order valence-corrected chi connectivity index (χ2v) is 6.38. The van der Waals surface area contributed by atoms with Gasteiger partial charge in [0.2, 0.25) is 0 Å². The summed E-state index contributed by atoms with van der Waals surface area (Å²) in [6.45, 7) is 12.8. The summed E-state index contributed by atoms with van der Waals surface area (Å²) in [6, 6.07) is 8.78. The van der Waals surface area contributed by atoms with Crippen molar-refractivity contribution in [2.75, 3.05) is 52.6 Å². The molecule has 2 N–H and O–H groups in total. The van der Waals surface area contributed by atoms with Crippen LogP contribution in [0.15, 0.2) is 29.3 Å². The molecule has 0 aliphatic carbocycles. The average Bonchev–Trinajstić information content (AvgIpc) is 2.68. The topological polar surface area (TPSA) is 58.1 Å². The summed E-state index contributed by atoms with van der Waals surface area (Å²) in [5, 5.41) is 6.64. The zero-order valence-corrected chi connectivity index (χ0v) is 19.0. The van der Waals surface area contributed by atoms with Crippen molar-refractivity contribution in [1.82, 2.24) is 15.5 Å². The van der Waals surface area contributed by atoms with Crippen molar-refractivity contribution in [3.63, 3.8) is 0 Å². The fourth-order valence-corrected chi connectivity index (χ4v) is 2.81. The fourth-order valence-electron chi connectivity index (χ4n) is 2.81. The SMILES string of the molecule is CCNC(=NCc1ccc(CN2CCOCC2)cc1)NCCCOCC.I. The third kappa shape index (κ3) is 10.3. The predicted molar refractivity (Wildman–Crippen MR) is 122 cm³/mol.